The molecule has 1 atom stereocenters. The van der Waals surface area contributed by atoms with Crippen LogP contribution in [0.15, 0.2) is 48.9 Å². The third-order valence-electron chi connectivity index (χ3n) is 6.25. The van der Waals surface area contributed by atoms with Crippen molar-refractivity contribution in [2.75, 3.05) is 38.6 Å². The molecule has 0 unspecified atom stereocenters. The molecule has 1 N–H and O–H groups in total. The van der Waals surface area contributed by atoms with Gasteiger partial charge in [0, 0.05) is 45.8 Å². The van der Waals surface area contributed by atoms with Crippen LogP contribution in [0.1, 0.15) is 22.5 Å². The summed E-state index contributed by atoms with van der Waals surface area (Å²) in [6.45, 7) is 1.25. The fourth-order valence-electron chi connectivity index (χ4n) is 4.68. The number of halogens is 1. The Morgan fingerprint density at radius 1 is 1.29 bits per heavy atom. The number of aromatic nitrogens is 3. The van der Waals surface area contributed by atoms with Crippen molar-refractivity contribution in [3.8, 4) is 5.82 Å². The number of carbonyl (C=O) groups is 2. The first-order valence-corrected chi connectivity index (χ1v) is 10.5. The molecule has 0 radical (unpaired) electrons. The summed E-state index contributed by atoms with van der Waals surface area (Å²) in [4.78, 5) is 39.0. The third-order valence-corrected chi connectivity index (χ3v) is 6.47. The number of nitrogens with zero attached hydrogens (tertiary/aromatic N) is 5. The van der Waals surface area contributed by atoms with Gasteiger partial charge in [-0.15, -0.1) is 0 Å². The van der Waals surface area contributed by atoms with Crippen LogP contribution in [-0.4, -0.2) is 69.9 Å². The van der Waals surface area contributed by atoms with Gasteiger partial charge in [0.2, 0.25) is 5.91 Å². The van der Waals surface area contributed by atoms with Gasteiger partial charge in [-0.3, -0.25) is 9.59 Å². The SMILES string of the molecule is CN(C)C(=O)CN1c2cccnc2-n2cccc2[C@]12CCN(C(=O)c1c[nH]c(Cl)c1)C2. The summed E-state index contributed by atoms with van der Waals surface area (Å²) in [6.07, 6.45) is 6.08. The smallest absolute Gasteiger partial charge is 0.255 e. The molecule has 2 amide bonds. The zero-order valence-electron chi connectivity index (χ0n) is 17.4. The van der Waals surface area contributed by atoms with E-state index in [1.807, 2.05) is 29.3 Å². The number of anilines is 1. The molecule has 31 heavy (non-hydrogen) atoms. The first kappa shape index (κ1) is 19.7. The molecule has 0 bridgehead atoms. The van der Waals surface area contributed by atoms with E-state index in [0.29, 0.717) is 30.2 Å². The van der Waals surface area contributed by atoms with E-state index in [-0.39, 0.29) is 18.4 Å². The molecule has 3 aromatic heterocycles. The van der Waals surface area contributed by atoms with Gasteiger partial charge in [0.1, 0.15) is 10.7 Å². The Bertz CT molecular complexity index is 1170. The fraction of sp³-hybridized carbons (Fsp3) is 0.318. The van der Waals surface area contributed by atoms with Crippen molar-refractivity contribution in [2.24, 2.45) is 0 Å². The van der Waals surface area contributed by atoms with Gasteiger partial charge in [0.25, 0.3) is 5.91 Å². The molecule has 160 valence electrons. The highest BCUT2D eigenvalue weighted by Gasteiger charge is 2.51. The maximum absolute atomic E-state index is 13.2. The van der Waals surface area contributed by atoms with Crippen LogP contribution in [0.5, 0.6) is 0 Å². The van der Waals surface area contributed by atoms with Gasteiger partial charge in [-0.05, 0) is 36.8 Å². The number of pyridine rings is 1. The standard InChI is InChI=1S/C22H23ClN6O2/c1-26(2)19(30)13-29-16-5-3-8-24-20(16)28-9-4-6-17(28)22(29)7-10-27(14-22)21(31)15-11-18(23)25-12-15/h3-6,8-9,11-12,25H,7,10,13-14H2,1-2H3/t22-/m1/s1. The van der Waals surface area contributed by atoms with Crippen LogP contribution in [0.3, 0.4) is 0 Å². The van der Waals surface area contributed by atoms with Gasteiger partial charge in [-0.1, -0.05) is 11.6 Å². The van der Waals surface area contributed by atoms with Gasteiger partial charge >= 0.3 is 0 Å². The molecular formula is C22H23ClN6O2. The predicted octanol–water partition coefficient (Wildman–Crippen LogP) is 2.50. The number of nitrogens with one attached hydrogen (secondary N) is 1. The average Bonchev–Trinajstić information content (AvgIpc) is 3.50. The molecular weight excluding hydrogens is 416 g/mol. The molecule has 0 aromatic carbocycles. The number of fused-ring (bicyclic) bond motifs is 4. The summed E-state index contributed by atoms with van der Waals surface area (Å²) in [5, 5.41) is 0.432. The Morgan fingerprint density at radius 2 is 2.13 bits per heavy atom. The van der Waals surface area contributed by atoms with E-state index in [1.165, 1.54) is 0 Å². The van der Waals surface area contributed by atoms with Gasteiger partial charge in [0.05, 0.1) is 23.5 Å². The number of H-pyrrole nitrogens is 1. The van der Waals surface area contributed by atoms with Crippen molar-refractivity contribution in [3.63, 3.8) is 0 Å². The van der Waals surface area contributed by atoms with Gasteiger partial charge < -0.3 is 24.3 Å². The summed E-state index contributed by atoms with van der Waals surface area (Å²) >= 11 is 5.98. The van der Waals surface area contributed by atoms with Crippen LogP contribution in [-0.2, 0) is 10.3 Å². The van der Waals surface area contributed by atoms with Crippen molar-refractivity contribution >= 4 is 29.1 Å². The molecule has 2 aliphatic rings. The van der Waals surface area contributed by atoms with Crippen LogP contribution in [0, 0.1) is 0 Å². The first-order chi connectivity index (χ1) is 14.9. The number of likely N-dealkylation sites (N-methyl/N-ethyl adjacent to an activating group) is 1. The summed E-state index contributed by atoms with van der Waals surface area (Å²) in [6, 6.07) is 9.57. The Balaban J connectivity index is 1.59. The van der Waals surface area contributed by atoms with Gasteiger partial charge in [-0.2, -0.15) is 0 Å². The number of likely N-dealkylation sites (tertiary alicyclic amines) is 1. The normalized spacial score (nSPS) is 19.5. The second kappa shape index (κ2) is 7.16. The Morgan fingerprint density at radius 3 is 2.87 bits per heavy atom. The van der Waals surface area contributed by atoms with Crippen molar-refractivity contribution in [1.82, 2.24) is 24.3 Å². The van der Waals surface area contributed by atoms with Crippen molar-refractivity contribution in [3.05, 3.63) is 65.3 Å². The van der Waals surface area contributed by atoms with E-state index < -0.39 is 5.54 Å². The van der Waals surface area contributed by atoms with Crippen molar-refractivity contribution in [1.29, 1.82) is 0 Å². The Hall–Kier alpha value is -3.26. The van der Waals surface area contributed by atoms with Crippen LogP contribution < -0.4 is 4.90 Å². The largest absolute Gasteiger partial charge is 0.352 e. The minimum Gasteiger partial charge on any atom is -0.352 e. The first-order valence-electron chi connectivity index (χ1n) is 10.1. The minimum atomic E-state index is -0.527. The second-order valence-electron chi connectivity index (χ2n) is 8.23. The number of aromatic amines is 1. The molecule has 3 aromatic rings. The van der Waals surface area contributed by atoms with E-state index >= 15 is 0 Å². The van der Waals surface area contributed by atoms with E-state index in [0.717, 1.165) is 17.2 Å². The highest BCUT2D eigenvalue weighted by atomic mass is 35.5. The van der Waals surface area contributed by atoms with Crippen molar-refractivity contribution in [2.45, 2.75) is 12.0 Å². The Labute approximate surface area is 185 Å². The molecule has 0 saturated carbocycles. The van der Waals surface area contributed by atoms with Gasteiger partial charge in [0.15, 0.2) is 5.82 Å². The molecule has 0 aliphatic carbocycles. The maximum Gasteiger partial charge on any atom is 0.255 e. The lowest BCUT2D eigenvalue weighted by Crippen LogP contribution is -2.55. The number of hydrogen-bond acceptors (Lipinski definition) is 4. The zero-order chi connectivity index (χ0) is 21.8. The molecule has 9 heteroatoms. The van der Waals surface area contributed by atoms with E-state index in [1.54, 1.807) is 37.5 Å². The maximum atomic E-state index is 13.2. The predicted molar refractivity (Wildman–Crippen MR) is 118 cm³/mol. The molecule has 5 heterocycles. The minimum absolute atomic E-state index is 0.00335. The molecule has 8 nitrogen and oxygen atoms in total. The summed E-state index contributed by atoms with van der Waals surface area (Å²) < 4.78 is 2.08. The zero-order valence-corrected chi connectivity index (χ0v) is 18.1. The van der Waals surface area contributed by atoms with E-state index in [2.05, 4.69) is 25.5 Å². The van der Waals surface area contributed by atoms with E-state index in [4.69, 9.17) is 11.6 Å². The number of amides is 2. The monoisotopic (exact) mass is 438 g/mol. The highest BCUT2D eigenvalue weighted by molar-refractivity contribution is 6.29. The summed E-state index contributed by atoms with van der Waals surface area (Å²) in [7, 11) is 3.51. The second-order valence-corrected chi connectivity index (χ2v) is 8.64. The number of hydrogen-bond donors (Lipinski definition) is 1. The Kier molecular flexibility index (Phi) is 4.55. The third kappa shape index (κ3) is 3.01. The lowest BCUT2D eigenvalue weighted by atomic mass is 9.88. The number of rotatable bonds is 3. The van der Waals surface area contributed by atoms with Crippen LogP contribution in [0.2, 0.25) is 5.15 Å². The highest BCUT2D eigenvalue weighted by Crippen LogP contribution is 2.47. The van der Waals surface area contributed by atoms with Crippen molar-refractivity contribution < 1.29 is 9.59 Å². The molecule has 1 saturated heterocycles. The van der Waals surface area contributed by atoms with Crippen LogP contribution in [0.25, 0.3) is 5.82 Å². The lowest BCUT2D eigenvalue weighted by molar-refractivity contribution is -0.127. The average molecular weight is 439 g/mol. The van der Waals surface area contributed by atoms with Crippen LogP contribution >= 0.6 is 11.6 Å². The fourth-order valence-corrected chi connectivity index (χ4v) is 4.85. The molecule has 1 spiro atoms. The van der Waals surface area contributed by atoms with Gasteiger partial charge in [-0.25, -0.2) is 4.98 Å². The molecule has 5 rings (SSSR count). The molecule has 2 aliphatic heterocycles. The summed E-state index contributed by atoms with van der Waals surface area (Å²) in [5.41, 5.74) is 1.93. The van der Waals surface area contributed by atoms with E-state index in [9.17, 15) is 9.59 Å². The number of carbonyl (C=O) groups excluding carboxylic acids is 2. The topological polar surface area (TPSA) is 77.5 Å². The van der Waals surface area contributed by atoms with Crippen LogP contribution in [0.4, 0.5) is 5.69 Å². The molecule has 1 fully saturated rings. The lowest BCUT2D eigenvalue weighted by Gasteiger charge is -2.46. The quantitative estimate of drug-likeness (QED) is 0.681. The summed E-state index contributed by atoms with van der Waals surface area (Å²) in [5.74, 6) is 0.715.